The highest BCUT2D eigenvalue weighted by atomic mass is 32.1. The van der Waals surface area contributed by atoms with Crippen LogP contribution >= 0.6 is 11.3 Å². The SMILES string of the molecule is CC(C)NC(=O)C(C)Nc1nc(CC(=O)O)cs1. The number of nitrogens with zero attached hydrogens (tertiary/aromatic N) is 1. The molecule has 1 heterocycles. The fourth-order valence-electron chi connectivity index (χ4n) is 1.27. The Bertz CT molecular complexity index is 431. The smallest absolute Gasteiger partial charge is 0.309 e. The van der Waals surface area contributed by atoms with Crippen molar-refractivity contribution in [2.24, 2.45) is 0 Å². The lowest BCUT2D eigenvalue weighted by atomic mass is 10.3. The van der Waals surface area contributed by atoms with Gasteiger partial charge in [-0.1, -0.05) is 0 Å². The van der Waals surface area contributed by atoms with Crippen molar-refractivity contribution >= 4 is 28.3 Å². The van der Waals surface area contributed by atoms with E-state index in [4.69, 9.17) is 5.11 Å². The highest BCUT2D eigenvalue weighted by Gasteiger charge is 2.15. The van der Waals surface area contributed by atoms with Crippen LogP contribution in [0.4, 0.5) is 5.13 Å². The van der Waals surface area contributed by atoms with Gasteiger partial charge >= 0.3 is 5.97 Å². The molecule has 1 atom stereocenters. The lowest BCUT2D eigenvalue weighted by Gasteiger charge is -2.15. The molecule has 7 heteroatoms. The van der Waals surface area contributed by atoms with Crippen molar-refractivity contribution in [2.45, 2.75) is 39.3 Å². The molecule has 0 aliphatic heterocycles. The Morgan fingerprint density at radius 3 is 2.67 bits per heavy atom. The first-order chi connectivity index (χ1) is 8.38. The van der Waals surface area contributed by atoms with Crippen LogP contribution in [0.15, 0.2) is 5.38 Å². The van der Waals surface area contributed by atoms with Gasteiger partial charge < -0.3 is 15.7 Å². The lowest BCUT2D eigenvalue weighted by molar-refractivity contribution is -0.136. The van der Waals surface area contributed by atoms with Gasteiger partial charge in [0.15, 0.2) is 5.13 Å². The molecule has 0 spiro atoms. The van der Waals surface area contributed by atoms with Crippen molar-refractivity contribution in [1.29, 1.82) is 0 Å². The summed E-state index contributed by atoms with van der Waals surface area (Å²) in [5, 5.41) is 16.6. The summed E-state index contributed by atoms with van der Waals surface area (Å²) in [6, 6.07) is -0.322. The van der Waals surface area contributed by atoms with Crippen LogP contribution in [0.3, 0.4) is 0 Å². The molecule has 6 nitrogen and oxygen atoms in total. The molecule has 0 aliphatic carbocycles. The van der Waals surface area contributed by atoms with Gasteiger partial charge in [-0.25, -0.2) is 4.98 Å². The van der Waals surface area contributed by atoms with Crippen LogP contribution in [0, 0.1) is 0 Å². The number of hydrogen-bond donors (Lipinski definition) is 3. The zero-order chi connectivity index (χ0) is 13.7. The Morgan fingerprint density at radius 2 is 2.11 bits per heavy atom. The molecule has 1 unspecified atom stereocenters. The summed E-state index contributed by atoms with van der Waals surface area (Å²) in [5.41, 5.74) is 0.492. The molecule has 18 heavy (non-hydrogen) atoms. The van der Waals surface area contributed by atoms with E-state index in [2.05, 4.69) is 15.6 Å². The minimum absolute atomic E-state index is 0.0839. The Labute approximate surface area is 109 Å². The Morgan fingerprint density at radius 1 is 1.44 bits per heavy atom. The molecule has 0 radical (unpaired) electrons. The number of rotatable bonds is 6. The van der Waals surface area contributed by atoms with Crippen molar-refractivity contribution in [1.82, 2.24) is 10.3 Å². The molecule has 100 valence electrons. The Balaban J connectivity index is 2.54. The summed E-state index contributed by atoms with van der Waals surface area (Å²) in [7, 11) is 0. The van der Waals surface area contributed by atoms with E-state index in [1.54, 1.807) is 12.3 Å². The predicted octanol–water partition coefficient (Wildman–Crippen LogP) is 1.10. The van der Waals surface area contributed by atoms with E-state index >= 15 is 0 Å². The second-order valence-electron chi connectivity index (χ2n) is 4.24. The molecule has 1 amide bonds. The number of carbonyl (C=O) groups excluding carboxylic acids is 1. The third kappa shape index (κ3) is 4.70. The van der Waals surface area contributed by atoms with E-state index in [1.807, 2.05) is 13.8 Å². The summed E-state index contributed by atoms with van der Waals surface area (Å²) < 4.78 is 0. The number of thiazole rings is 1. The van der Waals surface area contributed by atoms with Crippen LogP contribution in [0.1, 0.15) is 26.5 Å². The number of amides is 1. The fourth-order valence-corrected chi connectivity index (χ4v) is 2.07. The molecular weight excluding hydrogens is 254 g/mol. The van der Waals surface area contributed by atoms with Gasteiger partial charge in [0.05, 0.1) is 12.1 Å². The number of nitrogens with one attached hydrogen (secondary N) is 2. The molecule has 0 saturated heterocycles. The molecular formula is C11H17N3O3S. The van der Waals surface area contributed by atoms with Crippen molar-refractivity contribution in [3.63, 3.8) is 0 Å². The number of carboxylic acid groups (broad SMARTS) is 1. The van der Waals surface area contributed by atoms with Gasteiger partial charge in [0, 0.05) is 11.4 Å². The summed E-state index contributed by atoms with van der Waals surface area (Å²) in [6.45, 7) is 5.51. The lowest BCUT2D eigenvalue weighted by Crippen LogP contribution is -2.40. The Hall–Kier alpha value is -1.63. The molecule has 0 aromatic carbocycles. The highest BCUT2D eigenvalue weighted by Crippen LogP contribution is 2.16. The number of carbonyl (C=O) groups is 2. The first-order valence-electron chi connectivity index (χ1n) is 5.61. The topological polar surface area (TPSA) is 91.3 Å². The number of hydrogen-bond acceptors (Lipinski definition) is 5. The summed E-state index contributed by atoms with van der Waals surface area (Å²) >= 11 is 1.29. The van der Waals surface area contributed by atoms with E-state index < -0.39 is 12.0 Å². The number of aromatic nitrogens is 1. The molecule has 0 saturated carbocycles. The summed E-state index contributed by atoms with van der Waals surface area (Å²) in [4.78, 5) is 26.3. The maximum absolute atomic E-state index is 11.7. The van der Waals surface area contributed by atoms with E-state index in [0.717, 1.165) is 0 Å². The summed E-state index contributed by atoms with van der Waals surface area (Å²) in [5.74, 6) is -1.03. The zero-order valence-electron chi connectivity index (χ0n) is 10.6. The third-order valence-electron chi connectivity index (χ3n) is 2.05. The van der Waals surface area contributed by atoms with Crippen LogP contribution < -0.4 is 10.6 Å². The van der Waals surface area contributed by atoms with Crippen LogP contribution in [0.2, 0.25) is 0 Å². The molecule has 0 aliphatic rings. The molecule has 0 fully saturated rings. The van der Waals surface area contributed by atoms with Gasteiger partial charge in [0.25, 0.3) is 0 Å². The van der Waals surface area contributed by atoms with Crippen LogP contribution in [0.5, 0.6) is 0 Å². The predicted molar refractivity (Wildman–Crippen MR) is 69.8 cm³/mol. The molecule has 3 N–H and O–H groups in total. The van der Waals surface area contributed by atoms with E-state index in [-0.39, 0.29) is 18.4 Å². The van der Waals surface area contributed by atoms with Crippen LogP contribution in [0.25, 0.3) is 0 Å². The minimum Gasteiger partial charge on any atom is -0.481 e. The number of anilines is 1. The maximum Gasteiger partial charge on any atom is 0.309 e. The molecule has 0 bridgehead atoms. The third-order valence-corrected chi connectivity index (χ3v) is 2.87. The second kappa shape index (κ2) is 6.34. The quantitative estimate of drug-likeness (QED) is 0.720. The molecule has 1 aromatic rings. The molecule has 1 rings (SSSR count). The first kappa shape index (κ1) is 14.4. The zero-order valence-corrected chi connectivity index (χ0v) is 11.4. The average Bonchev–Trinajstić information content (AvgIpc) is 2.63. The van der Waals surface area contributed by atoms with Crippen molar-refractivity contribution in [3.05, 3.63) is 11.1 Å². The Kier molecular flexibility index (Phi) is 5.08. The average molecular weight is 271 g/mol. The van der Waals surface area contributed by atoms with Crippen LogP contribution in [-0.4, -0.2) is 34.1 Å². The van der Waals surface area contributed by atoms with Crippen molar-refractivity contribution < 1.29 is 14.7 Å². The van der Waals surface area contributed by atoms with E-state index in [1.165, 1.54) is 11.3 Å². The largest absolute Gasteiger partial charge is 0.481 e. The van der Waals surface area contributed by atoms with E-state index in [0.29, 0.717) is 10.8 Å². The van der Waals surface area contributed by atoms with Gasteiger partial charge in [0.2, 0.25) is 5.91 Å². The first-order valence-corrected chi connectivity index (χ1v) is 6.49. The standard InChI is InChI=1S/C11H17N3O3S/c1-6(2)12-10(17)7(3)13-11-14-8(5-18-11)4-9(15)16/h5-7H,4H2,1-3H3,(H,12,17)(H,13,14)(H,15,16). The van der Waals surface area contributed by atoms with Gasteiger partial charge in [-0.15, -0.1) is 11.3 Å². The monoisotopic (exact) mass is 271 g/mol. The number of aliphatic carboxylic acids is 1. The summed E-state index contributed by atoms with van der Waals surface area (Å²) in [6.07, 6.45) is -0.106. The van der Waals surface area contributed by atoms with Crippen molar-refractivity contribution in [3.8, 4) is 0 Å². The fraction of sp³-hybridized carbons (Fsp3) is 0.545. The normalized spacial score (nSPS) is 12.2. The molecule has 1 aromatic heterocycles. The van der Waals surface area contributed by atoms with Crippen molar-refractivity contribution in [2.75, 3.05) is 5.32 Å². The van der Waals surface area contributed by atoms with Gasteiger partial charge in [-0.2, -0.15) is 0 Å². The highest BCUT2D eigenvalue weighted by molar-refractivity contribution is 7.13. The second-order valence-corrected chi connectivity index (χ2v) is 5.10. The van der Waals surface area contributed by atoms with Crippen LogP contribution in [-0.2, 0) is 16.0 Å². The maximum atomic E-state index is 11.7. The van der Waals surface area contributed by atoms with Gasteiger partial charge in [-0.05, 0) is 20.8 Å². The van der Waals surface area contributed by atoms with Gasteiger partial charge in [0.1, 0.15) is 6.04 Å². The number of carboxylic acids is 1. The minimum atomic E-state index is -0.919. The van der Waals surface area contributed by atoms with Gasteiger partial charge in [-0.3, -0.25) is 9.59 Å². The van der Waals surface area contributed by atoms with E-state index in [9.17, 15) is 9.59 Å².